The lowest BCUT2D eigenvalue weighted by Crippen LogP contribution is -2.36. The molecule has 0 aromatic heterocycles. The number of rotatable bonds is 7. The maximum Gasteiger partial charge on any atom is 0.313 e. The van der Waals surface area contributed by atoms with Crippen molar-refractivity contribution >= 4 is 35.2 Å². The highest BCUT2D eigenvalue weighted by molar-refractivity contribution is 7.99. The Bertz CT molecular complexity index is 517. The summed E-state index contributed by atoms with van der Waals surface area (Å²) in [6.45, 7) is 0.485. The van der Waals surface area contributed by atoms with Crippen molar-refractivity contribution in [3.8, 4) is 0 Å². The molecule has 4 nitrogen and oxygen atoms in total. The number of carboxylic acid groups (broad SMARTS) is 1. The molecule has 1 aromatic rings. The Hall–Kier alpha value is -1.20. The van der Waals surface area contributed by atoms with E-state index in [1.807, 2.05) is 18.2 Å². The van der Waals surface area contributed by atoms with Crippen molar-refractivity contribution in [2.24, 2.45) is 0 Å². The molecular formula is C14H16ClNO3S. The molecule has 0 unspecified atom stereocenters. The number of thioether (sulfide) groups is 1. The summed E-state index contributed by atoms with van der Waals surface area (Å²) in [5, 5.41) is 12.0. The van der Waals surface area contributed by atoms with Crippen LogP contribution in [0, 0.1) is 0 Å². The molecule has 20 heavy (non-hydrogen) atoms. The van der Waals surface area contributed by atoms with E-state index in [1.54, 1.807) is 6.07 Å². The topological polar surface area (TPSA) is 66.4 Å². The molecule has 1 amide bonds. The standard InChI is InChI=1S/C14H16ClNO3S/c15-11-3-1-2-10(8-11)14(4-5-14)13(19)16-6-7-20-9-12(17)18/h1-3,8H,4-7,9H2,(H,16,19)(H,17,18). The molecule has 0 aliphatic heterocycles. The van der Waals surface area contributed by atoms with Gasteiger partial charge >= 0.3 is 5.97 Å². The SMILES string of the molecule is O=C(O)CSCCNC(=O)C1(c2cccc(Cl)c2)CC1. The summed E-state index contributed by atoms with van der Waals surface area (Å²) in [5.41, 5.74) is 0.531. The Kier molecular flexibility index (Phi) is 4.94. The average Bonchev–Trinajstić information content (AvgIpc) is 3.19. The lowest BCUT2D eigenvalue weighted by atomic mass is 9.95. The van der Waals surface area contributed by atoms with Crippen LogP contribution in [-0.2, 0) is 15.0 Å². The van der Waals surface area contributed by atoms with Crippen molar-refractivity contribution in [1.82, 2.24) is 5.32 Å². The van der Waals surface area contributed by atoms with Gasteiger partial charge < -0.3 is 10.4 Å². The highest BCUT2D eigenvalue weighted by Gasteiger charge is 2.51. The molecule has 1 aliphatic rings. The predicted octanol–water partition coefficient (Wildman–Crippen LogP) is 2.31. The summed E-state index contributed by atoms with van der Waals surface area (Å²) in [6, 6.07) is 7.42. The molecule has 1 fully saturated rings. The van der Waals surface area contributed by atoms with E-state index in [4.69, 9.17) is 16.7 Å². The third-order valence-electron chi connectivity index (χ3n) is 3.32. The van der Waals surface area contributed by atoms with Crippen molar-refractivity contribution in [2.45, 2.75) is 18.3 Å². The van der Waals surface area contributed by atoms with Crippen LogP contribution in [0.25, 0.3) is 0 Å². The molecule has 0 saturated heterocycles. The Morgan fingerprint density at radius 2 is 2.15 bits per heavy atom. The number of aliphatic carboxylic acids is 1. The number of carbonyl (C=O) groups excluding carboxylic acids is 1. The average molecular weight is 314 g/mol. The maximum atomic E-state index is 12.3. The summed E-state index contributed by atoms with van der Waals surface area (Å²) >= 11 is 7.27. The second-order valence-corrected chi connectivity index (χ2v) is 6.34. The third-order valence-corrected chi connectivity index (χ3v) is 4.50. The van der Waals surface area contributed by atoms with E-state index in [9.17, 15) is 9.59 Å². The van der Waals surface area contributed by atoms with E-state index < -0.39 is 11.4 Å². The number of carboxylic acids is 1. The number of hydrogen-bond acceptors (Lipinski definition) is 3. The molecule has 108 valence electrons. The fourth-order valence-corrected chi connectivity index (χ4v) is 2.88. The normalized spacial score (nSPS) is 15.7. The zero-order chi connectivity index (χ0) is 14.6. The van der Waals surface area contributed by atoms with Crippen molar-refractivity contribution in [3.05, 3.63) is 34.9 Å². The minimum atomic E-state index is -0.834. The van der Waals surface area contributed by atoms with Crippen LogP contribution in [0.1, 0.15) is 18.4 Å². The molecular weight excluding hydrogens is 298 g/mol. The molecule has 0 heterocycles. The van der Waals surface area contributed by atoms with Gasteiger partial charge in [-0.15, -0.1) is 11.8 Å². The van der Waals surface area contributed by atoms with E-state index in [1.165, 1.54) is 11.8 Å². The molecule has 0 spiro atoms. The molecule has 6 heteroatoms. The highest BCUT2D eigenvalue weighted by Crippen LogP contribution is 2.48. The molecule has 2 rings (SSSR count). The summed E-state index contributed by atoms with van der Waals surface area (Å²) in [6.07, 6.45) is 1.67. The fraction of sp³-hybridized carbons (Fsp3) is 0.429. The van der Waals surface area contributed by atoms with E-state index in [0.717, 1.165) is 18.4 Å². The van der Waals surface area contributed by atoms with Crippen LogP contribution in [0.3, 0.4) is 0 Å². The summed E-state index contributed by atoms with van der Waals surface area (Å²) in [4.78, 5) is 22.6. The Labute approximate surface area is 126 Å². The van der Waals surface area contributed by atoms with Crippen LogP contribution in [0.2, 0.25) is 5.02 Å². The van der Waals surface area contributed by atoms with Crippen molar-refractivity contribution in [1.29, 1.82) is 0 Å². The maximum absolute atomic E-state index is 12.3. The van der Waals surface area contributed by atoms with Gasteiger partial charge in [0, 0.05) is 17.3 Å². The summed E-state index contributed by atoms with van der Waals surface area (Å²) < 4.78 is 0. The number of halogens is 1. The fourth-order valence-electron chi connectivity index (χ4n) is 2.12. The molecule has 1 aromatic carbocycles. The van der Waals surface area contributed by atoms with Gasteiger partial charge in [-0.25, -0.2) is 0 Å². The molecule has 0 atom stereocenters. The van der Waals surface area contributed by atoms with Crippen LogP contribution < -0.4 is 5.32 Å². The van der Waals surface area contributed by atoms with Gasteiger partial charge in [-0.2, -0.15) is 0 Å². The monoisotopic (exact) mass is 313 g/mol. The molecule has 0 radical (unpaired) electrons. The number of benzene rings is 1. The zero-order valence-corrected chi connectivity index (χ0v) is 12.5. The second kappa shape index (κ2) is 6.50. The first-order valence-electron chi connectivity index (χ1n) is 6.38. The smallest absolute Gasteiger partial charge is 0.313 e. The highest BCUT2D eigenvalue weighted by atomic mass is 35.5. The minimum absolute atomic E-state index is 0.00990. The summed E-state index contributed by atoms with van der Waals surface area (Å²) in [7, 11) is 0. The number of amides is 1. The Balaban J connectivity index is 1.85. The van der Waals surface area contributed by atoms with E-state index in [0.29, 0.717) is 17.3 Å². The van der Waals surface area contributed by atoms with Crippen LogP contribution >= 0.6 is 23.4 Å². The van der Waals surface area contributed by atoms with Gasteiger partial charge in [-0.05, 0) is 30.5 Å². The van der Waals surface area contributed by atoms with Gasteiger partial charge in [0.15, 0.2) is 0 Å². The van der Waals surface area contributed by atoms with Crippen LogP contribution in [-0.4, -0.2) is 35.0 Å². The van der Waals surface area contributed by atoms with Gasteiger partial charge in [-0.1, -0.05) is 23.7 Å². The number of nitrogens with one attached hydrogen (secondary N) is 1. The first-order chi connectivity index (χ1) is 9.54. The third kappa shape index (κ3) is 3.67. The first-order valence-corrected chi connectivity index (χ1v) is 7.92. The van der Waals surface area contributed by atoms with Gasteiger partial charge in [0.2, 0.25) is 5.91 Å². The lowest BCUT2D eigenvalue weighted by Gasteiger charge is -2.15. The van der Waals surface area contributed by atoms with Crippen LogP contribution in [0.5, 0.6) is 0 Å². The molecule has 2 N–H and O–H groups in total. The predicted molar refractivity (Wildman–Crippen MR) is 80.3 cm³/mol. The Morgan fingerprint density at radius 1 is 1.40 bits per heavy atom. The lowest BCUT2D eigenvalue weighted by molar-refractivity contribution is -0.133. The van der Waals surface area contributed by atoms with Crippen molar-refractivity contribution in [3.63, 3.8) is 0 Å². The van der Waals surface area contributed by atoms with Gasteiger partial charge in [0.05, 0.1) is 11.2 Å². The van der Waals surface area contributed by atoms with Gasteiger partial charge in [-0.3, -0.25) is 9.59 Å². The molecule has 0 bridgehead atoms. The number of hydrogen-bond donors (Lipinski definition) is 2. The van der Waals surface area contributed by atoms with E-state index in [-0.39, 0.29) is 11.7 Å². The minimum Gasteiger partial charge on any atom is -0.481 e. The van der Waals surface area contributed by atoms with E-state index in [2.05, 4.69) is 5.32 Å². The van der Waals surface area contributed by atoms with Gasteiger partial charge in [0.1, 0.15) is 0 Å². The Morgan fingerprint density at radius 3 is 2.75 bits per heavy atom. The van der Waals surface area contributed by atoms with Crippen molar-refractivity contribution in [2.75, 3.05) is 18.1 Å². The number of carbonyl (C=O) groups is 2. The van der Waals surface area contributed by atoms with Gasteiger partial charge in [0.25, 0.3) is 0 Å². The molecule has 1 aliphatic carbocycles. The zero-order valence-electron chi connectivity index (χ0n) is 10.9. The molecule has 1 saturated carbocycles. The summed E-state index contributed by atoms with van der Waals surface area (Å²) in [5.74, 6) is -0.159. The largest absolute Gasteiger partial charge is 0.481 e. The van der Waals surface area contributed by atoms with Crippen LogP contribution in [0.15, 0.2) is 24.3 Å². The quantitative estimate of drug-likeness (QED) is 0.758. The first kappa shape index (κ1) is 15.2. The van der Waals surface area contributed by atoms with Crippen LogP contribution in [0.4, 0.5) is 0 Å². The second-order valence-electron chi connectivity index (χ2n) is 4.79. The van der Waals surface area contributed by atoms with Crippen molar-refractivity contribution < 1.29 is 14.7 Å². The van der Waals surface area contributed by atoms with E-state index >= 15 is 0 Å².